The molecule has 0 amide bonds. The Balaban J connectivity index is 1.45. The Bertz CT molecular complexity index is 766. The van der Waals surface area contributed by atoms with Crippen LogP contribution in [0.3, 0.4) is 0 Å². The molecule has 0 fully saturated rings. The third kappa shape index (κ3) is 4.25. The molecule has 2 aromatic rings. The number of thiocarbonyl (C=S) groups is 1. The van der Waals surface area contributed by atoms with Crippen molar-refractivity contribution in [1.82, 2.24) is 5.32 Å². The number of anilines is 2. The third-order valence-electron chi connectivity index (χ3n) is 4.39. The monoisotopic (exact) mass is 361 g/mol. The van der Waals surface area contributed by atoms with Gasteiger partial charge < -0.3 is 15.5 Å². The van der Waals surface area contributed by atoms with E-state index >= 15 is 0 Å². The van der Waals surface area contributed by atoms with E-state index in [4.69, 9.17) is 12.2 Å². The first-order valence-corrected chi connectivity index (χ1v) is 8.80. The first-order chi connectivity index (χ1) is 12.0. The van der Waals surface area contributed by atoms with E-state index in [2.05, 4.69) is 46.7 Å². The second kappa shape index (κ2) is 7.78. The normalized spacial score (nSPS) is 15.8. The number of hydrogen-bond donors (Lipinski definition) is 2. The smallest absolute Gasteiger partial charge is 0.170 e. The second-order valence-electron chi connectivity index (χ2n) is 6.23. The zero-order valence-electron chi connectivity index (χ0n) is 14.1. The molecule has 6 heteroatoms. The molecule has 132 valence electrons. The van der Waals surface area contributed by atoms with E-state index in [0.29, 0.717) is 17.7 Å². The van der Waals surface area contributed by atoms with E-state index in [1.54, 1.807) is 0 Å². The molecule has 0 aromatic heterocycles. The molecule has 1 aliphatic rings. The van der Waals surface area contributed by atoms with Gasteiger partial charge in [-0.2, -0.15) is 0 Å². The summed E-state index contributed by atoms with van der Waals surface area (Å²) in [6, 6.07) is 12.3. The first kappa shape index (κ1) is 17.6. The summed E-state index contributed by atoms with van der Waals surface area (Å²) >= 11 is 5.17. The van der Waals surface area contributed by atoms with Crippen LogP contribution in [0, 0.1) is 11.6 Å². The maximum absolute atomic E-state index is 13.6. The molecular weight excluding hydrogens is 340 g/mol. The fraction of sp³-hybridized carbons (Fsp3) is 0.316. The molecule has 25 heavy (non-hydrogen) atoms. The highest BCUT2D eigenvalue weighted by Crippen LogP contribution is 2.31. The summed E-state index contributed by atoms with van der Waals surface area (Å²) in [6.45, 7) is 3.84. The molecule has 3 rings (SSSR count). The molecule has 3 nitrogen and oxygen atoms in total. The van der Waals surface area contributed by atoms with Gasteiger partial charge in [-0.1, -0.05) is 18.2 Å². The third-order valence-corrected chi connectivity index (χ3v) is 4.64. The highest BCUT2D eigenvalue weighted by molar-refractivity contribution is 7.80. The molecule has 2 N–H and O–H groups in total. The van der Waals surface area contributed by atoms with E-state index in [1.165, 1.54) is 23.4 Å². The van der Waals surface area contributed by atoms with Gasteiger partial charge in [-0.3, -0.25) is 0 Å². The van der Waals surface area contributed by atoms with Gasteiger partial charge in [0.2, 0.25) is 0 Å². The van der Waals surface area contributed by atoms with Crippen molar-refractivity contribution in [1.29, 1.82) is 0 Å². The fourth-order valence-electron chi connectivity index (χ4n) is 3.18. The molecule has 1 heterocycles. The summed E-state index contributed by atoms with van der Waals surface area (Å²) in [7, 11) is 0. The van der Waals surface area contributed by atoms with Gasteiger partial charge in [-0.05, 0) is 55.7 Å². The zero-order chi connectivity index (χ0) is 17.8. The van der Waals surface area contributed by atoms with Crippen LogP contribution < -0.4 is 15.5 Å². The Kier molecular flexibility index (Phi) is 5.48. The molecule has 0 saturated carbocycles. The molecule has 1 aliphatic heterocycles. The van der Waals surface area contributed by atoms with E-state index in [0.717, 1.165) is 25.5 Å². The molecule has 0 saturated heterocycles. The quantitative estimate of drug-likeness (QED) is 0.620. The highest BCUT2D eigenvalue weighted by Gasteiger charge is 2.24. The van der Waals surface area contributed by atoms with Crippen LogP contribution in [0.25, 0.3) is 0 Å². The lowest BCUT2D eigenvalue weighted by Crippen LogP contribution is -2.34. The number of rotatable bonds is 5. The van der Waals surface area contributed by atoms with Crippen LogP contribution in [-0.2, 0) is 6.42 Å². The van der Waals surface area contributed by atoms with Crippen molar-refractivity contribution in [3.05, 3.63) is 59.7 Å². The zero-order valence-corrected chi connectivity index (χ0v) is 14.9. The van der Waals surface area contributed by atoms with Gasteiger partial charge in [0.05, 0.1) is 5.69 Å². The van der Waals surface area contributed by atoms with Crippen molar-refractivity contribution in [2.75, 3.05) is 23.3 Å². The Morgan fingerprint density at radius 2 is 2.04 bits per heavy atom. The molecule has 0 radical (unpaired) electrons. The molecular formula is C19H21F2N3S. The predicted octanol–water partition coefficient (Wildman–Crippen LogP) is 4.09. The van der Waals surface area contributed by atoms with E-state index in [1.807, 2.05) is 0 Å². The summed E-state index contributed by atoms with van der Waals surface area (Å²) < 4.78 is 26.5. The van der Waals surface area contributed by atoms with Gasteiger partial charge in [0.25, 0.3) is 0 Å². The Hall–Kier alpha value is -2.21. The standard InChI is InChI=1S/C19H21F2N3S/c1-13-11-14-5-2-3-6-18(14)24(13)10-4-9-22-19(25)23-17-8-7-15(20)12-16(17)21/h2-3,5-8,12-13H,4,9-11H2,1H3,(H2,22,23,25)/t13-/m0/s1. The summed E-state index contributed by atoms with van der Waals surface area (Å²) in [6.07, 6.45) is 1.99. The molecule has 0 spiro atoms. The van der Waals surface area contributed by atoms with Crippen molar-refractivity contribution >= 4 is 28.7 Å². The highest BCUT2D eigenvalue weighted by atomic mass is 32.1. The van der Waals surface area contributed by atoms with Crippen molar-refractivity contribution < 1.29 is 8.78 Å². The topological polar surface area (TPSA) is 27.3 Å². The average molecular weight is 361 g/mol. The van der Waals surface area contributed by atoms with E-state index in [9.17, 15) is 8.78 Å². The molecule has 0 bridgehead atoms. The van der Waals surface area contributed by atoms with Gasteiger partial charge in [-0.15, -0.1) is 0 Å². The maximum atomic E-state index is 13.6. The lowest BCUT2D eigenvalue weighted by molar-refractivity contribution is 0.586. The van der Waals surface area contributed by atoms with Crippen LogP contribution in [0.15, 0.2) is 42.5 Å². The number of para-hydroxylation sites is 1. The van der Waals surface area contributed by atoms with Crippen LogP contribution in [0.4, 0.5) is 20.2 Å². The van der Waals surface area contributed by atoms with Crippen molar-refractivity contribution in [2.45, 2.75) is 25.8 Å². The molecule has 1 atom stereocenters. The molecule has 0 unspecified atom stereocenters. The summed E-state index contributed by atoms with van der Waals surface area (Å²) in [4.78, 5) is 2.41. The Labute approximate surface area is 152 Å². The number of nitrogens with one attached hydrogen (secondary N) is 2. The Morgan fingerprint density at radius 3 is 2.84 bits per heavy atom. The largest absolute Gasteiger partial charge is 0.368 e. The van der Waals surface area contributed by atoms with Crippen molar-refractivity contribution in [2.24, 2.45) is 0 Å². The number of hydrogen-bond acceptors (Lipinski definition) is 2. The van der Waals surface area contributed by atoms with Crippen molar-refractivity contribution in [3.8, 4) is 0 Å². The minimum Gasteiger partial charge on any atom is -0.368 e. The minimum atomic E-state index is -0.661. The average Bonchev–Trinajstić information content (AvgIpc) is 2.90. The number of nitrogens with zero attached hydrogens (tertiary/aromatic N) is 1. The summed E-state index contributed by atoms with van der Waals surface area (Å²) in [5.74, 6) is -1.27. The fourth-order valence-corrected chi connectivity index (χ4v) is 3.39. The van der Waals surface area contributed by atoms with Crippen LogP contribution in [0.2, 0.25) is 0 Å². The summed E-state index contributed by atoms with van der Waals surface area (Å²) in [5, 5.41) is 6.16. The van der Waals surface area contributed by atoms with Crippen LogP contribution in [0.1, 0.15) is 18.9 Å². The second-order valence-corrected chi connectivity index (χ2v) is 6.64. The first-order valence-electron chi connectivity index (χ1n) is 8.39. The van der Waals surface area contributed by atoms with E-state index < -0.39 is 11.6 Å². The van der Waals surface area contributed by atoms with Crippen LogP contribution >= 0.6 is 12.2 Å². The van der Waals surface area contributed by atoms with E-state index in [-0.39, 0.29) is 5.69 Å². The van der Waals surface area contributed by atoms with Gasteiger partial charge in [0, 0.05) is 30.9 Å². The number of fused-ring (bicyclic) bond motifs is 1. The Morgan fingerprint density at radius 1 is 1.24 bits per heavy atom. The SMILES string of the molecule is C[C@H]1Cc2ccccc2N1CCCNC(=S)Nc1ccc(F)cc1F. The lowest BCUT2D eigenvalue weighted by Gasteiger charge is -2.25. The van der Waals surface area contributed by atoms with Gasteiger partial charge >= 0.3 is 0 Å². The minimum absolute atomic E-state index is 0.168. The number of halogens is 2. The van der Waals surface area contributed by atoms with Gasteiger partial charge in [-0.25, -0.2) is 8.78 Å². The van der Waals surface area contributed by atoms with Gasteiger partial charge in [0.15, 0.2) is 5.11 Å². The molecule has 2 aromatic carbocycles. The summed E-state index contributed by atoms with van der Waals surface area (Å²) in [5.41, 5.74) is 2.87. The van der Waals surface area contributed by atoms with Gasteiger partial charge in [0.1, 0.15) is 11.6 Å². The van der Waals surface area contributed by atoms with Crippen LogP contribution in [0.5, 0.6) is 0 Å². The lowest BCUT2D eigenvalue weighted by atomic mass is 10.1. The van der Waals surface area contributed by atoms with Crippen LogP contribution in [-0.4, -0.2) is 24.2 Å². The maximum Gasteiger partial charge on any atom is 0.170 e. The number of benzene rings is 2. The van der Waals surface area contributed by atoms with Crippen molar-refractivity contribution in [3.63, 3.8) is 0 Å². The predicted molar refractivity (Wildman–Crippen MR) is 102 cm³/mol. The molecule has 0 aliphatic carbocycles.